The van der Waals surface area contributed by atoms with Gasteiger partial charge >= 0.3 is 17.9 Å². The maximum Gasteiger partial charge on any atom is 0.306 e. The summed E-state index contributed by atoms with van der Waals surface area (Å²) in [6, 6.07) is 0. The topological polar surface area (TPSA) is 107 Å². The van der Waals surface area contributed by atoms with E-state index >= 15 is 0 Å². The summed E-state index contributed by atoms with van der Waals surface area (Å²) in [5.74, 6) is -0.366. The highest BCUT2D eigenvalue weighted by Crippen LogP contribution is 2.12. The molecule has 9 heteroatoms. The Morgan fingerprint density at radius 1 is 0.400 bits per heavy atom. The molecule has 0 aromatic carbocycles. The summed E-state index contributed by atoms with van der Waals surface area (Å²) in [4.78, 5) is 33.9. The van der Waals surface area contributed by atoms with Crippen molar-refractivity contribution in [3.05, 3.63) is 0 Å². The third kappa shape index (κ3) is 49.4. The Morgan fingerprint density at radius 3 is 0.933 bits per heavy atom. The molecule has 0 unspecified atom stereocenters. The number of ether oxygens (including phenoxy) is 6. The van der Waals surface area contributed by atoms with Crippen LogP contribution < -0.4 is 0 Å². The molecule has 0 aliphatic carbocycles. The second kappa shape index (κ2) is 26.4. The summed E-state index contributed by atoms with van der Waals surface area (Å²) in [6.07, 6.45) is 7.63. The van der Waals surface area contributed by atoms with E-state index in [1.165, 1.54) is 0 Å². The zero-order valence-corrected chi connectivity index (χ0v) is 31.9. The van der Waals surface area contributed by atoms with E-state index in [4.69, 9.17) is 28.4 Å². The van der Waals surface area contributed by atoms with Crippen molar-refractivity contribution in [2.24, 2.45) is 0 Å². The van der Waals surface area contributed by atoms with Gasteiger partial charge in [0.15, 0.2) is 0 Å². The molecule has 0 fully saturated rings. The second-order valence-electron chi connectivity index (χ2n) is 14.9. The molecule has 45 heavy (non-hydrogen) atoms. The van der Waals surface area contributed by atoms with Gasteiger partial charge in [-0.05, 0) is 136 Å². The molecular weight excluding hydrogens is 576 g/mol. The SMILES string of the molecule is CC(C)OCCCC(=O)OC(C)(C)C.CC(C)OCCCCC(=O)OC(C)(C)C.CC(C)OCCCCCC(=O)OC(C)(C)C. The molecule has 0 heterocycles. The summed E-state index contributed by atoms with van der Waals surface area (Å²) in [6.45, 7) is 31.1. The predicted molar refractivity (Wildman–Crippen MR) is 182 cm³/mol. The molecule has 0 radical (unpaired) electrons. The minimum atomic E-state index is -0.379. The molecule has 0 atom stereocenters. The summed E-state index contributed by atoms with van der Waals surface area (Å²) in [5, 5.41) is 0. The normalized spacial score (nSPS) is 11.9. The van der Waals surface area contributed by atoms with Gasteiger partial charge in [-0.25, -0.2) is 0 Å². The lowest BCUT2D eigenvalue weighted by molar-refractivity contribution is -0.156. The molecule has 270 valence electrons. The van der Waals surface area contributed by atoms with Crippen molar-refractivity contribution >= 4 is 17.9 Å². The van der Waals surface area contributed by atoms with Gasteiger partial charge in [-0.2, -0.15) is 0 Å². The Labute approximate surface area is 277 Å². The Morgan fingerprint density at radius 2 is 0.644 bits per heavy atom. The number of rotatable bonds is 18. The third-order valence-electron chi connectivity index (χ3n) is 4.94. The fraction of sp³-hybridized carbons (Fsp3) is 0.917. The number of carbonyl (C=O) groups is 3. The van der Waals surface area contributed by atoms with E-state index in [2.05, 4.69) is 0 Å². The van der Waals surface area contributed by atoms with E-state index in [-0.39, 0.29) is 46.9 Å². The van der Waals surface area contributed by atoms with Crippen molar-refractivity contribution in [3.63, 3.8) is 0 Å². The summed E-state index contributed by atoms with van der Waals surface area (Å²) in [5.41, 5.74) is -1.11. The first-order valence-corrected chi connectivity index (χ1v) is 16.9. The van der Waals surface area contributed by atoms with Crippen LogP contribution in [0.2, 0.25) is 0 Å². The standard InChI is InChI=1S/C13H26O3.C12H24O3.C11H22O3/c1-11(2)15-10-8-6-7-9-12(14)16-13(3,4)5;1-10(2)14-9-7-6-8-11(13)15-12(3,4)5;1-9(2)13-8-6-7-10(12)14-11(3,4)5/h11H,6-10H2,1-5H3;10H,6-9H2,1-5H3;9H,6-8H2,1-5H3. The minimum Gasteiger partial charge on any atom is -0.460 e. The van der Waals surface area contributed by atoms with Crippen molar-refractivity contribution in [2.75, 3.05) is 19.8 Å². The van der Waals surface area contributed by atoms with Crippen molar-refractivity contribution in [2.45, 2.75) is 197 Å². The van der Waals surface area contributed by atoms with Crippen LogP contribution in [-0.4, -0.2) is 72.8 Å². The highest BCUT2D eigenvalue weighted by molar-refractivity contribution is 5.70. The summed E-state index contributed by atoms with van der Waals surface area (Å²) >= 11 is 0. The van der Waals surface area contributed by atoms with Crippen LogP contribution in [0.5, 0.6) is 0 Å². The largest absolute Gasteiger partial charge is 0.460 e. The van der Waals surface area contributed by atoms with Crippen molar-refractivity contribution in [1.82, 2.24) is 0 Å². The molecule has 0 aromatic rings. The molecule has 0 rings (SSSR count). The van der Waals surface area contributed by atoms with E-state index in [1.54, 1.807) is 0 Å². The molecule has 0 bridgehead atoms. The average molecular weight is 649 g/mol. The van der Waals surface area contributed by atoms with Crippen LogP contribution in [0.3, 0.4) is 0 Å². The number of unbranched alkanes of at least 4 members (excludes halogenated alkanes) is 3. The summed E-state index contributed by atoms with van der Waals surface area (Å²) in [7, 11) is 0. The van der Waals surface area contributed by atoms with E-state index in [1.807, 2.05) is 104 Å². The maximum absolute atomic E-state index is 11.3. The van der Waals surface area contributed by atoms with E-state index in [0.29, 0.717) is 32.0 Å². The number of carbonyl (C=O) groups excluding carboxylic acids is 3. The quantitative estimate of drug-likeness (QED) is 0.0819. The molecule has 0 aliphatic rings. The molecule has 0 amide bonds. The van der Waals surface area contributed by atoms with Crippen LogP contribution in [0.1, 0.15) is 162 Å². The number of esters is 3. The molecular formula is C36H72O9. The first-order chi connectivity index (χ1) is 20.4. The second-order valence-corrected chi connectivity index (χ2v) is 14.9. The number of hydrogen-bond donors (Lipinski definition) is 0. The van der Waals surface area contributed by atoms with Crippen LogP contribution in [0.4, 0.5) is 0 Å². The first kappa shape index (κ1) is 47.7. The fourth-order valence-electron chi connectivity index (χ4n) is 3.27. The molecule has 0 spiro atoms. The molecule has 0 saturated heterocycles. The van der Waals surface area contributed by atoms with Gasteiger partial charge in [0.1, 0.15) is 16.8 Å². The molecule has 0 aromatic heterocycles. The molecule has 0 N–H and O–H groups in total. The predicted octanol–water partition coefficient (Wildman–Crippen LogP) is 8.77. The smallest absolute Gasteiger partial charge is 0.306 e. The Bertz CT molecular complexity index is 739. The Kier molecular flexibility index (Phi) is 27.9. The zero-order chi connectivity index (χ0) is 35.7. The molecule has 9 nitrogen and oxygen atoms in total. The fourth-order valence-corrected chi connectivity index (χ4v) is 3.27. The molecule has 0 aliphatic heterocycles. The van der Waals surface area contributed by atoms with E-state index in [0.717, 1.165) is 51.7 Å². The highest BCUT2D eigenvalue weighted by atomic mass is 16.6. The van der Waals surface area contributed by atoms with Crippen LogP contribution in [0, 0.1) is 0 Å². The lowest BCUT2D eigenvalue weighted by atomic mass is 10.1. The third-order valence-corrected chi connectivity index (χ3v) is 4.94. The minimum absolute atomic E-state index is 0.0997. The Hall–Kier alpha value is -1.71. The van der Waals surface area contributed by atoms with Gasteiger partial charge in [-0.3, -0.25) is 14.4 Å². The number of hydrogen-bond acceptors (Lipinski definition) is 9. The Balaban J connectivity index is -0.000000589. The molecule has 0 saturated carbocycles. The van der Waals surface area contributed by atoms with Gasteiger partial charge in [0.25, 0.3) is 0 Å². The highest BCUT2D eigenvalue weighted by Gasteiger charge is 2.17. The van der Waals surface area contributed by atoms with E-state index in [9.17, 15) is 14.4 Å². The van der Waals surface area contributed by atoms with E-state index < -0.39 is 0 Å². The maximum atomic E-state index is 11.3. The van der Waals surface area contributed by atoms with Crippen molar-refractivity contribution < 1.29 is 42.8 Å². The zero-order valence-electron chi connectivity index (χ0n) is 31.9. The van der Waals surface area contributed by atoms with Gasteiger partial charge in [0.2, 0.25) is 0 Å². The van der Waals surface area contributed by atoms with Gasteiger partial charge in [-0.1, -0.05) is 6.42 Å². The van der Waals surface area contributed by atoms with Crippen LogP contribution in [0.15, 0.2) is 0 Å². The van der Waals surface area contributed by atoms with Gasteiger partial charge in [-0.15, -0.1) is 0 Å². The lowest BCUT2D eigenvalue weighted by Crippen LogP contribution is -2.23. The monoisotopic (exact) mass is 649 g/mol. The van der Waals surface area contributed by atoms with Crippen molar-refractivity contribution in [1.29, 1.82) is 0 Å². The summed E-state index contributed by atoms with van der Waals surface area (Å²) < 4.78 is 31.6. The van der Waals surface area contributed by atoms with Crippen LogP contribution >= 0.6 is 0 Å². The van der Waals surface area contributed by atoms with Gasteiger partial charge in [0, 0.05) is 39.1 Å². The van der Waals surface area contributed by atoms with Crippen molar-refractivity contribution in [3.8, 4) is 0 Å². The lowest BCUT2D eigenvalue weighted by Gasteiger charge is -2.19. The van der Waals surface area contributed by atoms with Crippen LogP contribution in [-0.2, 0) is 42.8 Å². The van der Waals surface area contributed by atoms with Gasteiger partial charge < -0.3 is 28.4 Å². The average Bonchev–Trinajstić information content (AvgIpc) is 2.81. The van der Waals surface area contributed by atoms with Crippen LogP contribution in [0.25, 0.3) is 0 Å². The first-order valence-electron chi connectivity index (χ1n) is 16.9. The van der Waals surface area contributed by atoms with Gasteiger partial charge in [0.05, 0.1) is 18.3 Å².